The molecule has 1 atom stereocenters. The Balaban J connectivity index is 1.26. The fourth-order valence-corrected chi connectivity index (χ4v) is 5.05. The number of anilines is 1. The number of piperazine rings is 1. The van der Waals surface area contributed by atoms with E-state index in [9.17, 15) is 0 Å². The molecular weight excluding hydrogens is 416 g/mol. The molecule has 0 bridgehead atoms. The molecule has 4 aromatic rings. The fraction of sp³-hybridized carbons (Fsp3) is 0.296. The van der Waals surface area contributed by atoms with Crippen LogP contribution < -0.4 is 5.73 Å². The summed E-state index contributed by atoms with van der Waals surface area (Å²) >= 11 is 6.14. The van der Waals surface area contributed by atoms with Crippen LogP contribution in [0.2, 0.25) is 5.02 Å². The number of benzene rings is 3. The van der Waals surface area contributed by atoms with Crippen molar-refractivity contribution < 1.29 is 0 Å². The monoisotopic (exact) mass is 444 g/mol. The molecule has 5 heteroatoms. The molecular formula is C27H29ClN4. The third-order valence-corrected chi connectivity index (χ3v) is 6.89. The summed E-state index contributed by atoms with van der Waals surface area (Å²) in [7, 11) is 0. The summed E-state index contributed by atoms with van der Waals surface area (Å²) in [4.78, 5) is 9.70. The number of aromatic nitrogens is 1. The average molecular weight is 445 g/mol. The molecule has 1 aliphatic heterocycles. The molecule has 0 radical (unpaired) electrons. The van der Waals surface area contributed by atoms with Gasteiger partial charge in [0.15, 0.2) is 0 Å². The van der Waals surface area contributed by atoms with Crippen molar-refractivity contribution in [1.29, 1.82) is 0 Å². The van der Waals surface area contributed by atoms with E-state index in [2.05, 4.69) is 64.2 Å². The number of hydrogen-bond acceptors (Lipinski definition) is 4. The van der Waals surface area contributed by atoms with Crippen molar-refractivity contribution in [2.45, 2.75) is 32.5 Å². The standard InChI is InChI=1S/C27H29ClN4/c1-2-24-18-31(16-20-4-8-25-26(29)9-10-30-27(25)14-20)11-12-32(24)17-19-3-5-22-15-23(28)7-6-21(22)13-19/h3-10,13-15,24H,2,11-12,16-18H2,1H3,(H2,29,30)/t24-/m0/s1. The van der Waals surface area contributed by atoms with Crippen LogP contribution in [0.4, 0.5) is 5.69 Å². The minimum Gasteiger partial charge on any atom is -0.398 e. The molecule has 0 aliphatic carbocycles. The molecule has 1 aromatic heterocycles. The van der Waals surface area contributed by atoms with Crippen molar-refractivity contribution >= 4 is 39.0 Å². The van der Waals surface area contributed by atoms with Gasteiger partial charge in [0, 0.05) is 61.1 Å². The Labute approximate surface area is 194 Å². The molecule has 0 unspecified atom stereocenters. The molecule has 3 aromatic carbocycles. The van der Waals surface area contributed by atoms with Crippen molar-refractivity contribution in [1.82, 2.24) is 14.8 Å². The summed E-state index contributed by atoms with van der Waals surface area (Å²) in [6.45, 7) is 7.48. The van der Waals surface area contributed by atoms with Gasteiger partial charge < -0.3 is 5.73 Å². The lowest BCUT2D eigenvalue weighted by Gasteiger charge is -2.41. The Morgan fingerprint density at radius 1 is 0.938 bits per heavy atom. The van der Waals surface area contributed by atoms with Gasteiger partial charge in [-0.1, -0.05) is 48.9 Å². The first-order valence-corrected chi connectivity index (χ1v) is 11.7. The van der Waals surface area contributed by atoms with Crippen LogP contribution in [0, 0.1) is 0 Å². The second-order valence-corrected chi connectivity index (χ2v) is 9.28. The van der Waals surface area contributed by atoms with Crippen molar-refractivity contribution in [3.05, 3.63) is 83.0 Å². The third kappa shape index (κ3) is 4.44. The van der Waals surface area contributed by atoms with E-state index in [0.29, 0.717) is 6.04 Å². The maximum absolute atomic E-state index is 6.14. The number of rotatable bonds is 5. The predicted octanol–water partition coefficient (Wildman–Crippen LogP) is 5.72. The number of pyridine rings is 1. The third-order valence-electron chi connectivity index (χ3n) is 6.66. The van der Waals surface area contributed by atoms with E-state index in [-0.39, 0.29) is 0 Å². The quantitative estimate of drug-likeness (QED) is 0.427. The van der Waals surface area contributed by atoms with E-state index in [1.807, 2.05) is 18.2 Å². The van der Waals surface area contributed by atoms with Crippen molar-refractivity contribution in [3.8, 4) is 0 Å². The van der Waals surface area contributed by atoms with Gasteiger partial charge in [-0.25, -0.2) is 0 Å². The number of fused-ring (bicyclic) bond motifs is 2. The Morgan fingerprint density at radius 3 is 2.59 bits per heavy atom. The molecule has 2 heterocycles. The molecule has 5 rings (SSSR count). The SMILES string of the molecule is CC[C@H]1CN(Cc2ccc3c(N)ccnc3c2)CCN1Cc1ccc2cc(Cl)ccc2c1. The number of halogens is 1. The van der Waals surface area contributed by atoms with Crippen LogP contribution >= 0.6 is 11.6 Å². The fourth-order valence-electron chi connectivity index (χ4n) is 4.87. The highest BCUT2D eigenvalue weighted by Gasteiger charge is 2.25. The van der Waals surface area contributed by atoms with Crippen LogP contribution in [0.1, 0.15) is 24.5 Å². The van der Waals surface area contributed by atoms with E-state index in [0.717, 1.165) is 60.8 Å². The van der Waals surface area contributed by atoms with Gasteiger partial charge >= 0.3 is 0 Å². The zero-order chi connectivity index (χ0) is 22.1. The molecule has 164 valence electrons. The first kappa shape index (κ1) is 21.2. The van der Waals surface area contributed by atoms with E-state index in [4.69, 9.17) is 17.3 Å². The second-order valence-electron chi connectivity index (χ2n) is 8.85. The van der Waals surface area contributed by atoms with E-state index < -0.39 is 0 Å². The van der Waals surface area contributed by atoms with Crippen LogP contribution in [-0.4, -0.2) is 40.5 Å². The minimum absolute atomic E-state index is 0.555. The van der Waals surface area contributed by atoms with Crippen LogP contribution in [0.3, 0.4) is 0 Å². The average Bonchev–Trinajstić information content (AvgIpc) is 2.80. The Kier molecular flexibility index (Phi) is 6.01. The van der Waals surface area contributed by atoms with Gasteiger partial charge in [-0.05, 0) is 58.7 Å². The molecule has 1 fully saturated rings. The van der Waals surface area contributed by atoms with Gasteiger partial charge in [0.25, 0.3) is 0 Å². The van der Waals surface area contributed by atoms with E-state index in [1.54, 1.807) is 6.20 Å². The zero-order valence-electron chi connectivity index (χ0n) is 18.5. The van der Waals surface area contributed by atoms with Crippen molar-refractivity contribution in [3.63, 3.8) is 0 Å². The van der Waals surface area contributed by atoms with Crippen LogP contribution in [-0.2, 0) is 13.1 Å². The summed E-state index contributed by atoms with van der Waals surface area (Å²) in [5.41, 5.74) is 10.5. The summed E-state index contributed by atoms with van der Waals surface area (Å²) in [5.74, 6) is 0. The molecule has 4 nitrogen and oxygen atoms in total. The highest BCUT2D eigenvalue weighted by Crippen LogP contribution is 2.24. The summed E-state index contributed by atoms with van der Waals surface area (Å²) in [6, 6.07) is 21.7. The Bertz CT molecular complexity index is 1260. The molecule has 1 saturated heterocycles. The smallest absolute Gasteiger partial charge is 0.0725 e. The van der Waals surface area contributed by atoms with Crippen LogP contribution in [0.15, 0.2) is 66.9 Å². The molecule has 2 N–H and O–H groups in total. The first-order chi connectivity index (χ1) is 15.6. The van der Waals surface area contributed by atoms with Gasteiger partial charge in [0.05, 0.1) is 5.52 Å². The maximum atomic E-state index is 6.14. The van der Waals surface area contributed by atoms with Crippen LogP contribution in [0.5, 0.6) is 0 Å². The summed E-state index contributed by atoms with van der Waals surface area (Å²) in [5, 5.41) is 4.28. The van der Waals surface area contributed by atoms with Gasteiger partial charge in [-0.15, -0.1) is 0 Å². The van der Waals surface area contributed by atoms with E-state index >= 15 is 0 Å². The zero-order valence-corrected chi connectivity index (χ0v) is 19.2. The maximum Gasteiger partial charge on any atom is 0.0725 e. The molecule has 0 spiro atoms. The highest BCUT2D eigenvalue weighted by atomic mass is 35.5. The second kappa shape index (κ2) is 9.07. The lowest BCUT2D eigenvalue weighted by atomic mass is 10.0. The largest absolute Gasteiger partial charge is 0.398 e. The molecule has 0 saturated carbocycles. The van der Waals surface area contributed by atoms with E-state index in [1.165, 1.54) is 21.9 Å². The highest BCUT2D eigenvalue weighted by molar-refractivity contribution is 6.31. The summed E-state index contributed by atoms with van der Waals surface area (Å²) in [6.07, 6.45) is 2.93. The normalized spacial score (nSPS) is 17.9. The van der Waals surface area contributed by atoms with Gasteiger partial charge in [0.2, 0.25) is 0 Å². The Morgan fingerprint density at radius 2 is 1.72 bits per heavy atom. The van der Waals surface area contributed by atoms with Crippen LogP contribution in [0.25, 0.3) is 21.7 Å². The summed E-state index contributed by atoms with van der Waals surface area (Å²) < 4.78 is 0. The van der Waals surface area contributed by atoms with Crippen molar-refractivity contribution in [2.75, 3.05) is 25.4 Å². The van der Waals surface area contributed by atoms with Gasteiger partial charge in [-0.3, -0.25) is 14.8 Å². The molecule has 0 amide bonds. The first-order valence-electron chi connectivity index (χ1n) is 11.4. The minimum atomic E-state index is 0.555. The lowest BCUT2D eigenvalue weighted by Crippen LogP contribution is -2.51. The van der Waals surface area contributed by atoms with Gasteiger partial charge in [0.1, 0.15) is 0 Å². The van der Waals surface area contributed by atoms with Gasteiger partial charge in [-0.2, -0.15) is 0 Å². The molecule has 1 aliphatic rings. The molecule has 32 heavy (non-hydrogen) atoms. The lowest BCUT2D eigenvalue weighted by molar-refractivity contribution is 0.0621. The topological polar surface area (TPSA) is 45.4 Å². The number of nitrogens with zero attached hydrogens (tertiary/aromatic N) is 3. The number of nitrogens with two attached hydrogens (primary N) is 1. The Hall–Kier alpha value is -2.66. The predicted molar refractivity (Wildman–Crippen MR) is 135 cm³/mol. The number of hydrogen-bond donors (Lipinski definition) is 1. The van der Waals surface area contributed by atoms with Crippen molar-refractivity contribution in [2.24, 2.45) is 0 Å². The number of nitrogen functional groups attached to an aromatic ring is 1.